The monoisotopic (exact) mass is 517 g/mol. The Balaban J connectivity index is 1.38. The van der Waals surface area contributed by atoms with Crippen LogP contribution in [0.2, 0.25) is 0 Å². The van der Waals surface area contributed by atoms with E-state index in [-0.39, 0.29) is 18.1 Å². The van der Waals surface area contributed by atoms with Gasteiger partial charge in [0.15, 0.2) is 0 Å². The molecule has 0 saturated carbocycles. The lowest BCUT2D eigenvalue weighted by atomic mass is 10.1. The number of carbonyl (C=O) groups excluding carboxylic acids is 2. The molecular formula is C30H35N3O5. The Hall–Kier alpha value is -3.88. The molecule has 1 aliphatic rings. The van der Waals surface area contributed by atoms with Crippen molar-refractivity contribution in [2.24, 2.45) is 0 Å². The Kier molecular flexibility index (Phi) is 9.35. The van der Waals surface area contributed by atoms with E-state index in [2.05, 4.69) is 10.2 Å². The topological polar surface area (TPSA) is 80.3 Å². The molecule has 8 heteroatoms. The second-order valence-corrected chi connectivity index (χ2v) is 9.30. The van der Waals surface area contributed by atoms with Crippen molar-refractivity contribution in [1.29, 1.82) is 0 Å². The van der Waals surface area contributed by atoms with Crippen LogP contribution in [0.3, 0.4) is 0 Å². The highest BCUT2D eigenvalue weighted by molar-refractivity contribution is 5.90. The molecule has 1 atom stereocenters. The number of piperazine rings is 1. The standard InChI is InChI=1S/C30H35N3O5/c1-22-7-4-5-10-27(22)31-30(35)33-17-15-32(16-18-33)20-28(25-8-6-9-26(19-25)36-2)38-21-23-11-13-24(14-12-23)29(34)37-3/h4-14,19,28H,15-18,20-21H2,1-3H3,(H,31,35)/t28-/m0/s1. The van der Waals surface area contributed by atoms with Gasteiger partial charge in [0.2, 0.25) is 0 Å². The van der Waals surface area contributed by atoms with Crippen LogP contribution in [0, 0.1) is 6.92 Å². The van der Waals surface area contributed by atoms with Gasteiger partial charge in [0, 0.05) is 38.4 Å². The van der Waals surface area contributed by atoms with Crippen molar-refractivity contribution in [3.05, 3.63) is 95.1 Å². The fraction of sp³-hybridized carbons (Fsp3) is 0.333. The highest BCUT2D eigenvalue weighted by Crippen LogP contribution is 2.25. The maximum atomic E-state index is 12.8. The molecular weight excluding hydrogens is 482 g/mol. The molecule has 38 heavy (non-hydrogen) atoms. The van der Waals surface area contributed by atoms with Crippen LogP contribution in [0.1, 0.15) is 33.2 Å². The first-order chi connectivity index (χ1) is 18.5. The van der Waals surface area contributed by atoms with Crippen molar-refractivity contribution in [2.45, 2.75) is 19.6 Å². The van der Waals surface area contributed by atoms with E-state index in [4.69, 9.17) is 14.2 Å². The van der Waals surface area contributed by atoms with Gasteiger partial charge in [0.25, 0.3) is 0 Å². The number of benzene rings is 3. The zero-order chi connectivity index (χ0) is 26.9. The molecule has 3 aromatic rings. The Morgan fingerprint density at radius 2 is 1.66 bits per heavy atom. The number of methoxy groups -OCH3 is 2. The summed E-state index contributed by atoms with van der Waals surface area (Å²) in [5, 5.41) is 3.03. The first kappa shape index (κ1) is 27.2. The van der Waals surface area contributed by atoms with Gasteiger partial charge in [0.1, 0.15) is 5.75 Å². The average molecular weight is 518 g/mol. The third kappa shape index (κ3) is 7.12. The molecule has 8 nitrogen and oxygen atoms in total. The smallest absolute Gasteiger partial charge is 0.337 e. The van der Waals surface area contributed by atoms with Crippen LogP contribution in [0.15, 0.2) is 72.8 Å². The normalized spacial score (nSPS) is 14.6. The largest absolute Gasteiger partial charge is 0.497 e. The zero-order valence-corrected chi connectivity index (χ0v) is 22.2. The van der Waals surface area contributed by atoms with Crippen LogP contribution in [0.5, 0.6) is 5.75 Å². The van der Waals surface area contributed by atoms with Gasteiger partial charge in [-0.2, -0.15) is 0 Å². The number of urea groups is 1. The average Bonchev–Trinajstić information content (AvgIpc) is 2.96. The Morgan fingerprint density at radius 3 is 2.34 bits per heavy atom. The molecule has 0 aromatic heterocycles. The van der Waals surface area contributed by atoms with E-state index in [0.717, 1.165) is 41.2 Å². The second kappa shape index (κ2) is 13.1. The van der Waals surface area contributed by atoms with Crippen LogP contribution in [0.25, 0.3) is 0 Å². The van der Waals surface area contributed by atoms with Crippen LogP contribution in [-0.4, -0.2) is 68.7 Å². The van der Waals surface area contributed by atoms with Gasteiger partial charge in [0.05, 0.1) is 32.5 Å². The highest BCUT2D eigenvalue weighted by atomic mass is 16.5. The third-order valence-corrected chi connectivity index (χ3v) is 6.76. The van der Waals surface area contributed by atoms with Crippen molar-refractivity contribution < 1.29 is 23.8 Å². The molecule has 4 rings (SSSR count). The van der Waals surface area contributed by atoms with Gasteiger partial charge >= 0.3 is 12.0 Å². The summed E-state index contributed by atoms with van der Waals surface area (Å²) in [6.07, 6.45) is -0.197. The van der Waals surface area contributed by atoms with E-state index in [0.29, 0.717) is 31.8 Å². The zero-order valence-electron chi connectivity index (χ0n) is 22.2. The van der Waals surface area contributed by atoms with E-state index >= 15 is 0 Å². The Labute approximate surface area is 224 Å². The number of anilines is 1. The molecule has 0 spiro atoms. The van der Waals surface area contributed by atoms with Gasteiger partial charge < -0.3 is 24.4 Å². The lowest BCUT2D eigenvalue weighted by Gasteiger charge is -2.36. The number of nitrogens with zero attached hydrogens (tertiary/aromatic N) is 2. The van der Waals surface area contributed by atoms with Crippen molar-refractivity contribution in [1.82, 2.24) is 9.80 Å². The molecule has 3 aromatic carbocycles. The second-order valence-electron chi connectivity index (χ2n) is 9.30. The molecule has 1 fully saturated rings. The Morgan fingerprint density at radius 1 is 0.921 bits per heavy atom. The molecule has 0 radical (unpaired) electrons. The van der Waals surface area contributed by atoms with E-state index in [9.17, 15) is 9.59 Å². The van der Waals surface area contributed by atoms with Gasteiger partial charge in [-0.1, -0.05) is 42.5 Å². The van der Waals surface area contributed by atoms with E-state index in [1.807, 2.05) is 72.5 Å². The number of hydrogen-bond donors (Lipinski definition) is 1. The van der Waals surface area contributed by atoms with E-state index in [1.54, 1.807) is 19.2 Å². The highest BCUT2D eigenvalue weighted by Gasteiger charge is 2.25. The number of rotatable bonds is 9. The summed E-state index contributed by atoms with van der Waals surface area (Å²) in [6, 6.07) is 22.9. The van der Waals surface area contributed by atoms with Crippen LogP contribution in [0.4, 0.5) is 10.5 Å². The predicted molar refractivity (Wildman–Crippen MR) is 147 cm³/mol. The Bertz CT molecular complexity index is 1220. The summed E-state index contributed by atoms with van der Waals surface area (Å²) < 4.78 is 16.6. The van der Waals surface area contributed by atoms with E-state index < -0.39 is 0 Å². The number of aryl methyl sites for hydroxylation is 1. The fourth-order valence-corrected chi connectivity index (χ4v) is 4.42. The molecule has 1 heterocycles. The number of nitrogens with one attached hydrogen (secondary N) is 1. The van der Waals surface area contributed by atoms with Crippen LogP contribution < -0.4 is 10.1 Å². The van der Waals surface area contributed by atoms with Crippen molar-refractivity contribution in [3.8, 4) is 5.75 Å². The molecule has 1 saturated heterocycles. The number of carbonyl (C=O) groups is 2. The predicted octanol–water partition coefficient (Wildman–Crippen LogP) is 4.90. The first-order valence-corrected chi connectivity index (χ1v) is 12.7. The van der Waals surface area contributed by atoms with Crippen molar-refractivity contribution in [3.63, 3.8) is 0 Å². The number of hydrogen-bond acceptors (Lipinski definition) is 6. The minimum Gasteiger partial charge on any atom is -0.497 e. The van der Waals surface area contributed by atoms with Crippen LogP contribution >= 0.6 is 0 Å². The van der Waals surface area contributed by atoms with Gasteiger partial charge in [-0.05, 0) is 53.9 Å². The molecule has 2 amide bonds. The van der Waals surface area contributed by atoms with Gasteiger partial charge in [-0.25, -0.2) is 9.59 Å². The molecule has 0 bridgehead atoms. The third-order valence-electron chi connectivity index (χ3n) is 6.76. The number of ether oxygens (including phenoxy) is 3. The summed E-state index contributed by atoms with van der Waals surface area (Å²) in [7, 11) is 3.02. The summed E-state index contributed by atoms with van der Waals surface area (Å²) in [6.45, 7) is 5.83. The van der Waals surface area contributed by atoms with E-state index in [1.165, 1.54) is 7.11 Å². The maximum Gasteiger partial charge on any atom is 0.337 e. The lowest BCUT2D eigenvalue weighted by Crippen LogP contribution is -2.50. The summed E-state index contributed by atoms with van der Waals surface area (Å²) in [5.74, 6) is 0.412. The summed E-state index contributed by atoms with van der Waals surface area (Å²) in [4.78, 5) is 28.7. The number of para-hydroxylation sites is 1. The lowest BCUT2D eigenvalue weighted by molar-refractivity contribution is 0.00582. The summed E-state index contributed by atoms with van der Waals surface area (Å²) in [5.41, 5.74) is 4.37. The quantitative estimate of drug-likeness (QED) is 0.407. The molecule has 1 aliphatic heterocycles. The first-order valence-electron chi connectivity index (χ1n) is 12.7. The summed E-state index contributed by atoms with van der Waals surface area (Å²) >= 11 is 0. The van der Waals surface area contributed by atoms with Crippen LogP contribution in [-0.2, 0) is 16.1 Å². The molecule has 0 unspecified atom stereocenters. The van der Waals surface area contributed by atoms with Gasteiger partial charge in [-0.3, -0.25) is 4.90 Å². The van der Waals surface area contributed by atoms with Crippen molar-refractivity contribution >= 4 is 17.7 Å². The number of amides is 2. The maximum absolute atomic E-state index is 12.8. The molecule has 200 valence electrons. The SMILES string of the molecule is COC(=O)c1ccc(CO[C@@H](CN2CCN(C(=O)Nc3ccccc3C)CC2)c2cccc(OC)c2)cc1. The molecule has 1 N–H and O–H groups in total. The molecule has 0 aliphatic carbocycles. The van der Waals surface area contributed by atoms with Crippen molar-refractivity contribution in [2.75, 3.05) is 52.3 Å². The fourth-order valence-electron chi connectivity index (χ4n) is 4.42. The number of esters is 1. The minimum absolute atomic E-state index is 0.0741. The van der Waals surface area contributed by atoms with Gasteiger partial charge in [-0.15, -0.1) is 0 Å². The minimum atomic E-state index is -0.363.